The van der Waals surface area contributed by atoms with Gasteiger partial charge in [0, 0.05) is 16.8 Å². The molecule has 0 bridgehead atoms. The van der Waals surface area contributed by atoms with Crippen molar-refractivity contribution in [1.82, 2.24) is 4.57 Å². The van der Waals surface area contributed by atoms with Gasteiger partial charge < -0.3 is 15.0 Å². The predicted molar refractivity (Wildman–Crippen MR) is 112 cm³/mol. The molecule has 2 aromatic carbocycles. The Kier molecular flexibility index (Phi) is 4.87. The molecule has 144 valence electrons. The van der Waals surface area contributed by atoms with Crippen LogP contribution in [0.15, 0.2) is 76.9 Å². The summed E-state index contributed by atoms with van der Waals surface area (Å²) < 4.78 is 7.36. The number of nitrogens with two attached hydrogens (primary N) is 1. The number of hydrogen-bond donors (Lipinski definition) is 1. The molecule has 0 aliphatic carbocycles. The van der Waals surface area contributed by atoms with Crippen LogP contribution in [0.5, 0.6) is 5.75 Å². The van der Waals surface area contributed by atoms with Crippen LogP contribution < -0.4 is 16.0 Å². The van der Waals surface area contributed by atoms with Gasteiger partial charge in [0.15, 0.2) is 0 Å². The minimum Gasteiger partial charge on any atom is -0.440 e. The first-order valence-corrected chi connectivity index (χ1v) is 9.48. The number of fused-ring (bicyclic) bond motifs is 1. The molecule has 0 radical (unpaired) electrons. The molecule has 1 aliphatic rings. The lowest BCUT2D eigenvalue weighted by molar-refractivity contribution is 0.389. The summed E-state index contributed by atoms with van der Waals surface area (Å²) in [7, 11) is 0. The van der Waals surface area contributed by atoms with Crippen molar-refractivity contribution in [3.05, 3.63) is 110 Å². The number of halogens is 1. The Morgan fingerprint density at radius 2 is 1.86 bits per heavy atom. The van der Waals surface area contributed by atoms with E-state index in [1.165, 1.54) is 0 Å². The fourth-order valence-corrected chi connectivity index (χ4v) is 3.76. The second-order valence-electron chi connectivity index (χ2n) is 6.92. The number of allylic oxidation sites excluding steroid dienone is 1. The molecular weight excluding hydrogens is 386 g/mol. The molecule has 1 aromatic heterocycles. The van der Waals surface area contributed by atoms with Crippen LogP contribution in [0.3, 0.4) is 0 Å². The summed E-state index contributed by atoms with van der Waals surface area (Å²) >= 11 is 6.03. The Morgan fingerprint density at radius 3 is 2.52 bits per heavy atom. The maximum Gasteiger partial charge on any atom is 0.259 e. The molecule has 29 heavy (non-hydrogen) atoms. The van der Waals surface area contributed by atoms with Crippen molar-refractivity contribution < 1.29 is 4.74 Å². The monoisotopic (exact) mass is 403 g/mol. The van der Waals surface area contributed by atoms with Gasteiger partial charge in [-0.3, -0.25) is 4.79 Å². The Hall–Kier alpha value is -3.49. The molecule has 0 saturated heterocycles. The Morgan fingerprint density at radius 1 is 1.17 bits per heavy atom. The number of aryl methyl sites for hydroxylation is 1. The van der Waals surface area contributed by atoms with Crippen LogP contribution in [-0.4, -0.2) is 4.57 Å². The van der Waals surface area contributed by atoms with E-state index in [-0.39, 0.29) is 17.0 Å². The molecule has 6 heteroatoms. The van der Waals surface area contributed by atoms with Gasteiger partial charge in [-0.2, -0.15) is 5.26 Å². The highest BCUT2D eigenvalue weighted by atomic mass is 35.5. The van der Waals surface area contributed by atoms with Gasteiger partial charge in [-0.15, -0.1) is 0 Å². The standard InChI is InChI=1S/C23H18ClN3O2/c1-14-11-19-21(23(28)27(14)13-15-5-3-2-4-6-15)20(18(12-25)22(26)29-19)16-7-9-17(24)10-8-16/h2-11,20H,13,26H2,1H3/t20-/m1/s1. The zero-order valence-electron chi connectivity index (χ0n) is 15.7. The molecule has 2 N–H and O–H groups in total. The second-order valence-corrected chi connectivity index (χ2v) is 7.35. The van der Waals surface area contributed by atoms with Crippen LogP contribution in [0, 0.1) is 18.3 Å². The Balaban J connectivity index is 1.92. The normalized spacial score (nSPS) is 15.4. The third-order valence-corrected chi connectivity index (χ3v) is 5.33. The van der Waals surface area contributed by atoms with E-state index in [9.17, 15) is 10.1 Å². The Labute approximate surface area is 173 Å². The van der Waals surface area contributed by atoms with E-state index in [2.05, 4.69) is 6.07 Å². The van der Waals surface area contributed by atoms with Crippen LogP contribution in [0.4, 0.5) is 0 Å². The number of hydrogen-bond acceptors (Lipinski definition) is 4. The van der Waals surface area contributed by atoms with Gasteiger partial charge in [0.25, 0.3) is 5.56 Å². The van der Waals surface area contributed by atoms with Crippen LogP contribution in [0.1, 0.15) is 28.3 Å². The van der Waals surface area contributed by atoms with Gasteiger partial charge in [0.1, 0.15) is 17.4 Å². The summed E-state index contributed by atoms with van der Waals surface area (Å²) in [6.45, 7) is 2.28. The third kappa shape index (κ3) is 3.39. The molecule has 1 atom stereocenters. The highest BCUT2D eigenvalue weighted by molar-refractivity contribution is 6.30. The van der Waals surface area contributed by atoms with Crippen LogP contribution >= 0.6 is 11.6 Å². The minimum absolute atomic E-state index is 0.0135. The van der Waals surface area contributed by atoms with E-state index in [0.717, 1.165) is 16.8 Å². The number of pyridine rings is 1. The van der Waals surface area contributed by atoms with Crippen molar-refractivity contribution in [3.8, 4) is 11.8 Å². The molecule has 0 unspecified atom stereocenters. The fourth-order valence-electron chi connectivity index (χ4n) is 3.64. The number of benzene rings is 2. The largest absolute Gasteiger partial charge is 0.440 e. The number of ether oxygens (including phenoxy) is 1. The number of nitrogens with zero attached hydrogens (tertiary/aromatic N) is 2. The lowest BCUT2D eigenvalue weighted by Crippen LogP contribution is -2.33. The van der Waals surface area contributed by atoms with Crippen molar-refractivity contribution in [1.29, 1.82) is 5.26 Å². The minimum atomic E-state index is -0.615. The third-order valence-electron chi connectivity index (χ3n) is 5.08. The maximum atomic E-state index is 13.5. The van der Waals surface area contributed by atoms with Gasteiger partial charge in [-0.05, 0) is 30.2 Å². The number of aromatic nitrogens is 1. The number of nitriles is 1. The highest BCUT2D eigenvalue weighted by Gasteiger charge is 2.34. The van der Waals surface area contributed by atoms with Crippen LogP contribution in [0.2, 0.25) is 5.02 Å². The molecule has 0 fully saturated rings. The summed E-state index contributed by atoms with van der Waals surface area (Å²) in [5, 5.41) is 10.3. The molecule has 5 nitrogen and oxygen atoms in total. The van der Waals surface area contributed by atoms with E-state index in [0.29, 0.717) is 22.9 Å². The van der Waals surface area contributed by atoms with Crippen molar-refractivity contribution in [2.75, 3.05) is 0 Å². The SMILES string of the molecule is Cc1cc2c(c(=O)n1Cc1ccccc1)[C@H](c1ccc(Cl)cc1)C(C#N)=C(N)O2. The zero-order valence-corrected chi connectivity index (χ0v) is 16.5. The Bertz CT molecular complexity index is 1210. The topological polar surface area (TPSA) is 81.0 Å². The van der Waals surface area contributed by atoms with Crippen molar-refractivity contribution in [2.45, 2.75) is 19.4 Å². The molecule has 1 aliphatic heterocycles. The van der Waals surface area contributed by atoms with Gasteiger partial charge in [-0.1, -0.05) is 54.1 Å². The summed E-state index contributed by atoms with van der Waals surface area (Å²) in [4.78, 5) is 13.5. The fraction of sp³-hybridized carbons (Fsp3) is 0.130. The highest BCUT2D eigenvalue weighted by Crippen LogP contribution is 2.40. The molecule has 2 heterocycles. The second kappa shape index (κ2) is 7.50. The summed E-state index contributed by atoms with van der Waals surface area (Å²) in [6, 6.07) is 20.7. The molecule has 0 saturated carbocycles. The van der Waals surface area contributed by atoms with Gasteiger partial charge in [-0.25, -0.2) is 0 Å². The average Bonchev–Trinajstić information content (AvgIpc) is 2.71. The van der Waals surface area contributed by atoms with E-state index >= 15 is 0 Å². The van der Waals surface area contributed by atoms with Gasteiger partial charge >= 0.3 is 0 Å². The summed E-state index contributed by atoms with van der Waals surface area (Å²) in [5.74, 6) is -0.219. The van der Waals surface area contributed by atoms with E-state index in [1.807, 2.05) is 37.3 Å². The molecule has 0 amide bonds. The first-order valence-electron chi connectivity index (χ1n) is 9.11. The first kappa shape index (κ1) is 18.9. The number of rotatable bonds is 3. The quantitative estimate of drug-likeness (QED) is 0.714. The zero-order chi connectivity index (χ0) is 20.5. The van der Waals surface area contributed by atoms with Gasteiger partial charge in [0.05, 0.1) is 18.0 Å². The maximum absolute atomic E-state index is 13.5. The molecular formula is C23H18ClN3O2. The van der Waals surface area contributed by atoms with Crippen molar-refractivity contribution >= 4 is 11.6 Å². The van der Waals surface area contributed by atoms with Crippen LogP contribution in [-0.2, 0) is 6.54 Å². The summed E-state index contributed by atoms with van der Waals surface area (Å²) in [6.07, 6.45) is 0. The molecule has 3 aromatic rings. The van der Waals surface area contributed by atoms with Gasteiger partial charge in [0.2, 0.25) is 5.88 Å². The smallest absolute Gasteiger partial charge is 0.259 e. The van der Waals surface area contributed by atoms with E-state index < -0.39 is 5.92 Å². The van der Waals surface area contributed by atoms with Crippen molar-refractivity contribution in [3.63, 3.8) is 0 Å². The molecule has 0 spiro atoms. The van der Waals surface area contributed by atoms with E-state index in [1.54, 1.807) is 34.9 Å². The molecule has 4 rings (SSSR count). The average molecular weight is 404 g/mol. The van der Waals surface area contributed by atoms with Crippen molar-refractivity contribution in [2.24, 2.45) is 5.73 Å². The van der Waals surface area contributed by atoms with E-state index in [4.69, 9.17) is 22.1 Å². The van der Waals surface area contributed by atoms with Crippen LogP contribution in [0.25, 0.3) is 0 Å². The lowest BCUT2D eigenvalue weighted by atomic mass is 9.84. The predicted octanol–water partition coefficient (Wildman–Crippen LogP) is 4.08. The lowest BCUT2D eigenvalue weighted by Gasteiger charge is -2.27. The first-order chi connectivity index (χ1) is 14.0. The summed E-state index contributed by atoms with van der Waals surface area (Å²) in [5.41, 5.74) is 8.95.